The van der Waals surface area contributed by atoms with Crippen molar-refractivity contribution in [1.82, 2.24) is 45.5 Å². The summed E-state index contributed by atoms with van der Waals surface area (Å²) in [6.07, 6.45) is 1.36. The fraction of sp³-hybridized carbons (Fsp3) is 0.478. The Bertz CT molecular complexity index is 2300. The Kier molecular flexibility index (Phi) is 15.8. The Morgan fingerprint density at radius 1 is 1.02 bits per heavy atom. The zero-order valence-corrected chi connectivity index (χ0v) is 38.2. The molecule has 17 nitrogen and oxygen atoms in total. The van der Waals surface area contributed by atoms with Crippen molar-refractivity contribution in [2.45, 2.75) is 58.5 Å². The number of aromatic nitrogens is 4. The smallest absolute Gasteiger partial charge is 0.254 e. The van der Waals surface area contributed by atoms with Crippen molar-refractivity contribution in [3.63, 3.8) is 0 Å². The van der Waals surface area contributed by atoms with Gasteiger partial charge in [-0.1, -0.05) is 50.2 Å². The summed E-state index contributed by atoms with van der Waals surface area (Å²) >= 11 is 1.61. The number of amides is 2. The molecule has 3 atom stereocenters. The summed E-state index contributed by atoms with van der Waals surface area (Å²) in [6.45, 7) is 15.5. The van der Waals surface area contributed by atoms with E-state index in [0.717, 1.165) is 67.4 Å². The number of hydrazine groups is 1. The van der Waals surface area contributed by atoms with E-state index in [0.29, 0.717) is 67.9 Å². The van der Waals surface area contributed by atoms with Crippen LogP contribution < -0.4 is 21.1 Å². The second-order valence-electron chi connectivity index (χ2n) is 16.7. The van der Waals surface area contributed by atoms with Crippen molar-refractivity contribution in [3.05, 3.63) is 83.2 Å². The molecule has 2 aromatic carbocycles. The number of nitrogens with two attached hydrogens (primary N) is 1. The van der Waals surface area contributed by atoms with Crippen molar-refractivity contribution in [2.24, 2.45) is 5.92 Å². The molecule has 3 aromatic heterocycles. The van der Waals surface area contributed by atoms with Gasteiger partial charge in [-0.3, -0.25) is 14.5 Å². The maximum atomic E-state index is 14.1. The van der Waals surface area contributed by atoms with E-state index in [1.165, 1.54) is 0 Å². The topological polar surface area (TPSA) is 201 Å². The molecule has 2 amide bonds. The third-order valence-corrected chi connectivity index (χ3v) is 13.0. The number of rotatable bonds is 20. The molecule has 18 heteroatoms. The third kappa shape index (κ3) is 11.5. The van der Waals surface area contributed by atoms with Crippen LogP contribution in [0, 0.1) is 12.8 Å². The number of carbonyl (C=O) groups excluding carboxylic acids is 2. The molecule has 2 aliphatic heterocycles. The zero-order valence-electron chi connectivity index (χ0n) is 37.4. The molecular formula is C46H61N11O6S. The number of aromatic hydroxyl groups is 1. The summed E-state index contributed by atoms with van der Waals surface area (Å²) < 4.78 is 17.7. The molecule has 0 spiro atoms. The number of aryl methyl sites for hydroxylation is 1. The molecule has 0 aliphatic carbocycles. The molecular weight excluding hydrogens is 835 g/mol. The first-order valence-corrected chi connectivity index (χ1v) is 23.0. The highest BCUT2D eigenvalue weighted by Gasteiger charge is 2.40. The van der Waals surface area contributed by atoms with Crippen molar-refractivity contribution in [1.29, 1.82) is 0 Å². The monoisotopic (exact) mass is 895 g/mol. The van der Waals surface area contributed by atoms with Gasteiger partial charge < -0.3 is 40.4 Å². The van der Waals surface area contributed by atoms with Gasteiger partial charge in [0.25, 0.3) is 5.88 Å². The average Bonchev–Trinajstić information content (AvgIpc) is 4.08. The van der Waals surface area contributed by atoms with Crippen LogP contribution in [0.1, 0.15) is 62.6 Å². The second-order valence-corrected chi connectivity index (χ2v) is 17.6. The van der Waals surface area contributed by atoms with E-state index in [2.05, 4.69) is 65.1 Å². The largest absolute Gasteiger partial charge is 0.507 e. The summed E-state index contributed by atoms with van der Waals surface area (Å²) in [5.74, 6) is 0.230. The lowest BCUT2D eigenvalue weighted by Gasteiger charge is -2.39. The lowest BCUT2D eigenvalue weighted by atomic mass is 9.91. The van der Waals surface area contributed by atoms with E-state index in [4.69, 9.17) is 19.7 Å². The molecule has 5 heterocycles. The SMILES string of the molecule is Cc1ncsc1-c1ccc([C@H](C)NC(=O)[C@@H]2CCCN2C(=O)C(c2cc(OCCN3CCN(N(C)CCOCCNc4cc(-c5ccccc5O)nnc4N)CC3)no2)C(C)C)cc1. The molecule has 64 heavy (non-hydrogen) atoms. The summed E-state index contributed by atoms with van der Waals surface area (Å²) in [5.41, 5.74) is 12.7. The van der Waals surface area contributed by atoms with Gasteiger partial charge in [0, 0.05) is 71.0 Å². The molecule has 342 valence electrons. The molecule has 5 aromatic rings. The van der Waals surface area contributed by atoms with Crippen LogP contribution >= 0.6 is 11.3 Å². The van der Waals surface area contributed by atoms with Gasteiger partial charge in [-0.2, -0.15) is 0 Å². The van der Waals surface area contributed by atoms with Crippen molar-refractivity contribution >= 4 is 34.7 Å². The van der Waals surface area contributed by atoms with Crippen LogP contribution in [0.25, 0.3) is 21.7 Å². The normalized spacial score (nSPS) is 16.9. The number of hydrogen-bond donors (Lipinski definition) is 4. The Morgan fingerprint density at radius 2 is 1.80 bits per heavy atom. The number of hydrogen-bond acceptors (Lipinski definition) is 16. The maximum Gasteiger partial charge on any atom is 0.254 e. The lowest BCUT2D eigenvalue weighted by molar-refractivity contribution is -0.141. The number of likely N-dealkylation sites (tertiary alicyclic amines) is 1. The molecule has 0 radical (unpaired) electrons. The van der Waals surface area contributed by atoms with Gasteiger partial charge in [0.05, 0.1) is 46.7 Å². The highest BCUT2D eigenvalue weighted by molar-refractivity contribution is 7.13. The number of para-hydroxylation sites is 1. The number of carbonyl (C=O) groups is 2. The minimum Gasteiger partial charge on any atom is -0.507 e. The van der Waals surface area contributed by atoms with Gasteiger partial charge in [-0.05, 0) is 67.1 Å². The molecule has 2 fully saturated rings. The number of benzene rings is 2. The van der Waals surface area contributed by atoms with E-state index in [9.17, 15) is 14.7 Å². The number of nitrogens with one attached hydrogen (secondary N) is 2. The highest BCUT2D eigenvalue weighted by Crippen LogP contribution is 2.34. The third-order valence-electron chi connectivity index (χ3n) is 12.0. The molecule has 2 aliphatic rings. The summed E-state index contributed by atoms with van der Waals surface area (Å²) in [5, 5.41) is 33.5. The van der Waals surface area contributed by atoms with Crippen LogP contribution in [0.3, 0.4) is 0 Å². The molecule has 7 rings (SSSR count). The summed E-state index contributed by atoms with van der Waals surface area (Å²) in [7, 11) is 2.08. The van der Waals surface area contributed by atoms with Gasteiger partial charge in [0.2, 0.25) is 11.8 Å². The lowest BCUT2D eigenvalue weighted by Crippen LogP contribution is -2.53. The number of anilines is 2. The van der Waals surface area contributed by atoms with E-state index < -0.39 is 12.0 Å². The van der Waals surface area contributed by atoms with Gasteiger partial charge in [-0.25, -0.2) is 15.0 Å². The number of phenols is 1. The second kappa shape index (κ2) is 21.8. The number of thiazole rings is 1. The molecule has 2 saturated heterocycles. The summed E-state index contributed by atoms with van der Waals surface area (Å²) in [4.78, 5) is 37.3. The first kappa shape index (κ1) is 46.3. The fourth-order valence-corrected chi connectivity index (χ4v) is 9.05. The minimum absolute atomic E-state index is 0.0859. The quantitative estimate of drug-likeness (QED) is 0.0721. The van der Waals surface area contributed by atoms with Gasteiger partial charge in [-0.15, -0.1) is 21.5 Å². The van der Waals surface area contributed by atoms with E-state index in [-0.39, 0.29) is 35.3 Å². The van der Waals surface area contributed by atoms with E-state index in [1.54, 1.807) is 46.6 Å². The Labute approximate surface area is 378 Å². The van der Waals surface area contributed by atoms with Crippen molar-refractivity contribution in [2.75, 3.05) is 90.3 Å². The molecule has 0 saturated carbocycles. The zero-order chi connectivity index (χ0) is 45.2. The fourth-order valence-electron chi connectivity index (χ4n) is 8.24. The number of nitrogens with zero attached hydrogens (tertiary/aromatic N) is 8. The van der Waals surface area contributed by atoms with Crippen LogP contribution in [0.2, 0.25) is 0 Å². The number of phenolic OH excluding ortho intramolecular Hbond substituents is 1. The predicted octanol–water partition coefficient (Wildman–Crippen LogP) is 5.43. The number of ether oxygens (including phenoxy) is 2. The number of piperazine rings is 1. The number of likely N-dealkylation sites (N-methyl/N-ethyl adjacent to an activating group) is 1. The highest BCUT2D eigenvalue weighted by atomic mass is 32.1. The van der Waals surface area contributed by atoms with Crippen LogP contribution in [0.4, 0.5) is 11.5 Å². The van der Waals surface area contributed by atoms with Crippen LogP contribution in [0.15, 0.2) is 70.7 Å². The van der Waals surface area contributed by atoms with Crippen LogP contribution in [-0.2, 0) is 14.3 Å². The number of nitrogen functional groups attached to an aromatic ring is 1. The Morgan fingerprint density at radius 3 is 2.53 bits per heavy atom. The first-order valence-electron chi connectivity index (χ1n) is 22.1. The van der Waals surface area contributed by atoms with E-state index >= 15 is 0 Å². The van der Waals surface area contributed by atoms with Crippen LogP contribution in [-0.4, -0.2) is 142 Å². The van der Waals surface area contributed by atoms with E-state index in [1.807, 2.05) is 51.4 Å². The Balaban J connectivity index is 0.798. The average molecular weight is 896 g/mol. The standard InChI is InChI=1S/C46H61N11O6S/c1-30(2)42(46(60)57-17-8-10-38(57)45(59)50-31(3)33-12-14-34(15-13-33)43-32(4)49-29-64-43)40-28-41(53-63-40)62-26-23-55-18-20-56(21-19-55)54(5)22-25-61-24-16-48-37-27-36(51-52-44(37)47)35-9-6-7-11-39(35)58/h6-7,9,11-15,27-31,38,42,58H,8,10,16-26H2,1-5H3,(H2,47,52)(H,48,51)(H,50,59)/t31-,38-,42?/m0/s1. The van der Waals surface area contributed by atoms with Crippen molar-refractivity contribution in [3.8, 4) is 33.3 Å². The van der Waals surface area contributed by atoms with Crippen LogP contribution in [0.5, 0.6) is 11.6 Å². The van der Waals surface area contributed by atoms with Gasteiger partial charge in [0.1, 0.15) is 24.3 Å². The maximum absolute atomic E-state index is 14.1. The van der Waals surface area contributed by atoms with Gasteiger partial charge in [0.15, 0.2) is 11.6 Å². The molecule has 5 N–H and O–H groups in total. The predicted molar refractivity (Wildman–Crippen MR) is 247 cm³/mol. The first-order chi connectivity index (χ1) is 31.0. The summed E-state index contributed by atoms with van der Waals surface area (Å²) in [6, 6.07) is 17.9. The minimum atomic E-state index is -0.597. The molecule has 1 unspecified atom stereocenters. The van der Waals surface area contributed by atoms with Crippen molar-refractivity contribution < 1.29 is 28.7 Å². The molecule has 0 bridgehead atoms. The van der Waals surface area contributed by atoms with Gasteiger partial charge >= 0.3 is 0 Å². The Hall–Kier alpha value is -5.66.